The standard InChI is InChI=1S/C17H25F3N2O/c1-22(2)11-9-16(13-4-3-10-21-12-13)23-15-7-5-14(6-8-15)17(18,19)20/h5-8,13,16,21H,3-4,9-12H2,1-2H3/t13-,16?/m1/s1. The molecule has 0 aliphatic carbocycles. The highest BCUT2D eigenvalue weighted by Crippen LogP contribution is 2.31. The largest absolute Gasteiger partial charge is 0.490 e. The van der Waals surface area contributed by atoms with Gasteiger partial charge in [-0.25, -0.2) is 0 Å². The number of halogens is 3. The van der Waals surface area contributed by atoms with Gasteiger partial charge in [0.15, 0.2) is 0 Å². The third-order valence-corrected chi connectivity index (χ3v) is 4.19. The average Bonchev–Trinajstić information content (AvgIpc) is 2.51. The Balaban J connectivity index is 2.03. The molecule has 2 rings (SSSR count). The first-order chi connectivity index (χ1) is 10.9. The lowest BCUT2D eigenvalue weighted by atomic mass is 9.91. The molecule has 0 radical (unpaired) electrons. The maximum Gasteiger partial charge on any atom is 0.416 e. The molecule has 3 nitrogen and oxygen atoms in total. The quantitative estimate of drug-likeness (QED) is 0.865. The number of hydrogen-bond donors (Lipinski definition) is 1. The van der Waals surface area contributed by atoms with Gasteiger partial charge in [-0.15, -0.1) is 0 Å². The Morgan fingerprint density at radius 2 is 1.96 bits per heavy atom. The second-order valence-electron chi connectivity index (χ2n) is 6.38. The van der Waals surface area contributed by atoms with Crippen molar-refractivity contribution in [3.63, 3.8) is 0 Å². The number of ether oxygens (including phenoxy) is 1. The molecule has 130 valence electrons. The van der Waals surface area contributed by atoms with E-state index in [4.69, 9.17) is 4.74 Å². The van der Waals surface area contributed by atoms with Crippen molar-refractivity contribution in [3.05, 3.63) is 29.8 Å². The fourth-order valence-corrected chi connectivity index (χ4v) is 2.87. The molecule has 0 saturated carbocycles. The SMILES string of the molecule is CN(C)CCC(Oc1ccc(C(F)(F)F)cc1)[C@@H]1CCCNC1. The van der Waals surface area contributed by atoms with E-state index >= 15 is 0 Å². The highest BCUT2D eigenvalue weighted by Gasteiger charge is 2.30. The summed E-state index contributed by atoms with van der Waals surface area (Å²) in [5.74, 6) is 0.901. The van der Waals surface area contributed by atoms with Crippen molar-refractivity contribution < 1.29 is 17.9 Å². The van der Waals surface area contributed by atoms with E-state index in [-0.39, 0.29) is 6.10 Å². The van der Waals surface area contributed by atoms with Crippen LogP contribution in [-0.2, 0) is 6.18 Å². The van der Waals surface area contributed by atoms with Gasteiger partial charge in [0.05, 0.1) is 5.56 Å². The Morgan fingerprint density at radius 1 is 1.26 bits per heavy atom. The van der Waals surface area contributed by atoms with Gasteiger partial charge in [0.2, 0.25) is 0 Å². The molecular formula is C17H25F3N2O. The van der Waals surface area contributed by atoms with E-state index in [0.717, 1.165) is 51.0 Å². The summed E-state index contributed by atoms with van der Waals surface area (Å²) in [7, 11) is 4.02. The molecule has 1 heterocycles. The summed E-state index contributed by atoms with van der Waals surface area (Å²) in [6.07, 6.45) is -1.23. The van der Waals surface area contributed by atoms with Crippen molar-refractivity contribution >= 4 is 0 Å². The molecule has 0 bridgehead atoms. The molecule has 1 N–H and O–H groups in total. The highest BCUT2D eigenvalue weighted by atomic mass is 19.4. The molecule has 1 aliphatic rings. The molecule has 0 amide bonds. The van der Waals surface area contributed by atoms with E-state index in [1.165, 1.54) is 12.1 Å². The number of alkyl halides is 3. The number of hydrogen-bond acceptors (Lipinski definition) is 3. The van der Waals surface area contributed by atoms with Crippen molar-refractivity contribution in [2.24, 2.45) is 5.92 Å². The Morgan fingerprint density at radius 3 is 2.48 bits per heavy atom. The third-order valence-electron chi connectivity index (χ3n) is 4.19. The Kier molecular flexibility index (Phi) is 6.30. The molecule has 23 heavy (non-hydrogen) atoms. The summed E-state index contributed by atoms with van der Waals surface area (Å²) in [6.45, 7) is 2.82. The maximum absolute atomic E-state index is 12.6. The van der Waals surface area contributed by atoms with Gasteiger partial charge in [0.1, 0.15) is 11.9 Å². The van der Waals surface area contributed by atoms with Crippen LogP contribution in [0, 0.1) is 5.92 Å². The van der Waals surface area contributed by atoms with Crippen LogP contribution in [0.4, 0.5) is 13.2 Å². The van der Waals surface area contributed by atoms with E-state index in [2.05, 4.69) is 10.2 Å². The molecule has 1 unspecified atom stereocenters. The number of benzene rings is 1. The van der Waals surface area contributed by atoms with Crippen LogP contribution in [0.2, 0.25) is 0 Å². The van der Waals surface area contributed by atoms with Crippen LogP contribution in [0.5, 0.6) is 5.75 Å². The van der Waals surface area contributed by atoms with Gasteiger partial charge < -0.3 is 15.0 Å². The highest BCUT2D eigenvalue weighted by molar-refractivity contribution is 5.29. The molecule has 2 atom stereocenters. The van der Waals surface area contributed by atoms with Crippen molar-refractivity contribution in [1.29, 1.82) is 0 Å². The number of piperidine rings is 1. The lowest BCUT2D eigenvalue weighted by Crippen LogP contribution is -2.40. The van der Waals surface area contributed by atoms with Gasteiger partial charge in [-0.1, -0.05) is 0 Å². The number of nitrogens with zero attached hydrogens (tertiary/aromatic N) is 1. The molecule has 1 saturated heterocycles. The van der Waals surface area contributed by atoms with E-state index in [0.29, 0.717) is 11.7 Å². The van der Waals surface area contributed by atoms with E-state index in [1.54, 1.807) is 0 Å². The molecule has 1 aromatic rings. The van der Waals surface area contributed by atoms with Gasteiger partial charge >= 0.3 is 6.18 Å². The third kappa shape index (κ3) is 5.70. The minimum Gasteiger partial charge on any atom is -0.490 e. The first-order valence-electron chi connectivity index (χ1n) is 8.05. The summed E-state index contributed by atoms with van der Waals surface area (Å²) in [5.41, 5.74) is -0.644. The van der Waals surface area contributed by atoms with Crippen LogP contribution in [0.25, 0.3) is 0 Å². The van der Waals surface area contributed by atoms with Crippen LogP contribution in [-0.4, -0.2) is 44.7 Å². The van der Waals surface area contributed by atoms with Crippen LogP contribution >= 0.6 is 0 Å². The maximum atomic E-state index is 12.6. The zero-order valence-corrected chi connectivity index (χ0v) is 13.7. The van der Waals surface area contributed by atoms with Gasteiger partial charge in [-0.3, -0.25) is 0 Å². The summed E-state index contributed by atoms with van der Waals surface area (Å²) in [4.78, 5) is 2.10. The first kappa shape index (κ1) is 18.1. The molecule has 1 fully saturated rings. The summed E-state index contributed by atoms with van der Waals surface area (Å²) in [5, 5.41) is 3.38. The lowest BCUT2D eigenvalue weighted by Gasteiger charge is -2.32. The van der Waals surface area contributed by atoms with Gasteiger partial charge in [0.25, 0.3) is 0 Å². The Bertz CT molecular complexity index is 468. The van der Waals surface area contributed by atoms with E-state index < -0.39 is 11.7 Å². The number of nitrogens with one attached hydrogen (secondary N) is 1. The normalized spacial score (nSPS) is 20.5. The van der Waals surface area contributed by atoms with Crippen molar-refractivity contribution in [2.75, 3.05) is 33.7 Å². The zero-order valence-electron chi connectivity index (χ0n) is 13.7. The molecule has 6 heteroatoms. The van der Waals surface area contributed by atoms with Crippen LogP contribution in [0.1, 0.15) is 24.8 Å². The van der Waals surface area contributed by atoms with Crippen LogP contribution < -0.4 is 10.1 Å². The molecule has 0 aromatic heterocycles. The van der Waals surface area contributed by atoms with Crippen LogP contribution in [0.3, 0.4) is 0 Å². The van der Waals surface area contributed by atoms with Gasteiger partial charge in [-0.2, -0.15) is 13.2 Å². The smallest absolute Gasteiger partial charge is 0.416 e. The lowest BCUT2D eigenvalue weighted by molar-refractivity contribution is -0.137. The minimum absolute atomic E-state index is 0.0157. The van der Waals surface area contributed by atoms with Gasteiger partial charge in [0, 0.05) is 19.0 Å². The predicted molar refractivity (Wildman–Crippen MR) is 84.6 cm³/mol. The Labute approximate surface area is 135 Å². The fourth-order valence-electron chi connectivity index (χ4n) is 2.87. The van der Waals surface area contributed by atoms with Gasteiger partial charge in [-0.05, 0) is 64.2 Å². The average molecular weight is 330 g/mol. The first-order valence-corrected chi connectivity index (χ1v) is 8.05. The second kappa shape index (κ2) is 8.02. The van der Waals surface area contributed by atoms with Crippen molar-refractivity contribution in [1.82, 2.24) is 10.2 Å². The second-order valence-corrected chi connectivity index (χ2v) is 6.38. The topological polar surface area (TPSA) is 24.5 Å². The molecule has 0 spiro atoms. The van der Waals surface area contributed by atoms with E-state index in [1.807, 2.05) is 14.1 Å². The van der Waals surface area contributed by atoms with E-state index in [9.17, 15) is 13.2 Å². The summed E-state index contributed by atoms with van der Waals surface area (Å²) >= 11 is 0. The molecular weight excluding hydrogens is 305 g/mol. The molecule has 1 aliphatic heterocycles. The Hall–Kier alpha value is -1.27. The monoisotopic (exact) mass is 330 g/mol. The zero-order chi connectivity index (χ0) is 16.9. The van der Waals surface area contributed by atoms with Crippen molar-refractivity contribution in [2.45, 2.75) is 31.5 Å². The predicted octanol–water partition coefficient (Wildman–Crippen LogP) is 3.40. The molecule has 1 aromatic carbocycles. The summed E-state index contributed by atoms with van der Waals surface area (Å²) in [6, 6.07) is 5.00. The fraction of sp³-hybridized carbons (Fsp3) is 0.647. The summed E-state index contributed by atoms with van der Waals surface area (Å²) < 4.78 is 43.9. The van der Waals surface area contributed by atoms with Crippen LogP contribution in [0.15, 0.2) is 24.3 Å². The van der Waals surface area contributed by atoms with Crippen molar-refractivity contribution in [3.8, 4) is 5.75 Å². The number of rotatable bonds is 6. The minimum atomic E-state index is -4.31.